The van der Waals surface area contributed by atoms with E-state index in [1.165, 1.54) is 25.7 Å². The molecule has 2 fully saturated rings. The molecule has 0 aromatic carbocycles. The van der Waals surface area contributed by atoms with Crippen LogP contribution in [0.4, 0.5) is 0 Å². The van der Waals surface area contributed by atoms with Gasteiger partial charge in [-0.3, -0.25) is 0 Å². The van der Waals surface area contributed by atoms with Gasteiger partial charge in [-0.05, 0) is 23.7 Å². The minimum Gasteiger partial charge on any atom is -0.0738 e. The Balaban J connectivity index is 2.24. The van der Waals surface area contributed by atoms with Crippen molar-refractivity contribution in [1.29, 1.82) is 0 Å². The molecule has 1 heteroatoms. The molecule has 0 N–H and O–H groups in total. The van der Waals surface area contributed by atoms with Crippen LogP contribution in [0.15, 0.2) is 0 Å². The van der Waals surface area contributed by atoms with Gasteiger partial charge in [-0.1, -0.05) is 38.9 Å². The molecule has 0 amide bonds. The van der Waals surface area contributed by atoms with Crippen LogP contribution in [0.3, 0.4) is 0 Å². The zero-order valence-electron chi connectivity index (χ0n) is 7.64. The van der Waals surface area contributed by atoms with Gasteiger partial charge in [-0.2, -0.15) is 0 Å². The molecule has 4 atom stereocenters. The average Bonchev–Trinajstić information content (AvgIpc) is 2.42. The van der Waals surface area contributed by atoms with E-state index in [1.807, 2.05) is 0 Å². The molecule has 2 rings (SSSR count). The predicted molar refractivity (Wildman–Crippen MR) is 48.7 cm³/mol. The molecule has 0 aliphatic heterocycles. The monoisotopic (exact) mass is 148 g/mol. The van der Waals surface area contributed by atoms with Crippen LogP contribution < -0.4 is 0 Å². The van der Waals surface area contributed by atoms with Crippen molar-refractivity contribution < 1.29 is 0 Å². The first-order valence-corrected chi connectivity index (χ1v) is 4.95. The Kier molecular flexibility index (Phi) is 1.59. The van der Waals surface area contributed by atoms with Crippen molar-refractivity contribution in [2.45, 2.75) is 45.3 Å². The standard InChI is InChI=1S/C10H17B/c1-3-10-5-4-8(7(10)2)9(11)6-10/h7-9H,3-6H2,1-2H3/t7-,8-,9?,10?/m1/s1. The molecule has 0 heterocycles. The molecule has 2 saturated carbocycles. The molecule has 0 aromatic heterocycles. The maximum atomic E-state index is 6.07. The summed E-state index contributed by atoms with van der Waals surface area (Å²) in [6, 6.07) is 0. The fraction of sp³-hybridized carbons (Fsp3) is 1.00. The van der Waals surface area contributed by atoms with E-state index in [2.05, 4.69) is 13.8 Å². The summed E-state index contributed by atoms with van der Waals surface area (Å²) in [6.07, 6.45) is 5.49. The second kappa shape index (κ2) is 2.28. The first kappa shape index (κ1) is 7.70. The van der Waals surface area contributed by atoms with Gasteiger partial charge in [0.05, 0.1) is 7.85 Å². The zero-order valence-corrected chi connectivity index (χ0v) is 7.64. The summed E-state index contributed by atoms with van der Waals surface area (Å²) in [7, 11) is 6.07. The lowest BCUT2D eigenvalue weighted by Crippen LogP contribution is -2.18. The number of fused-ring (bicyclic) bond motifs is 2. The SMILES string of the molecule is [B]C1CC2(CC)CC[C@@H]1[C@H]2C. The molecule has 2 aliphatic carbocycles. The Morgan fingerprint density at radius 3 is 2.55 bits per heavy atom. The fourth-order valence-electron chi connectivity index (χ4n) is 3.52. The number of hydrogen-bond acceptors (Lipinski definition) is 0. The lowest BCUT2D eigenvalue weighted by Gasteiger charge is -2.29. The Bertz CT molecular complexity index is 166. The topological polar surface area (TPSA) is 0 Å². The average molecular weight is 148 g/mol. The van der Waals surface area contributed by atoms with Crippen LogP contribution in [0.25, 0.3) is 0 Å². The van der Waals surface area contributed by atoms with Gasteiger partial charge in [0, 0.05) is 0 Å². The third kappa shape index (κ3) is 0.831. The summed E-state index contributed by atoms with van der Waals surface area (Å²) in [5.74, 6) is 2.29. The summed E-state index contributed by atoms with van der Waals surface area (Å²) in [5, 5.41) is 0. The predicted octanol–water partition coefficient (Wildman–Crippen LogP) is 2.79. The zero-order chi connectivity index (χ0) is 8.06. The van der Waals surface area contributed by atoms with E-state index >= 15 is 0 Å². The minimum absolute atomic E-state index is 0.527. The van der Waals surface area contributed by atoms with Gasteiger partial charge in [0.15, 0.2) is 0 Å². The smallest absolute Gasteiger partial charge is 0.0703 e. The maximum absolute atomic E-state index is 6.07. The van der Waals surface area contributed by atoms with Crippen LogP contribution in [0.1, 0.15) is 39.5 Å². The van der Waals surface area contributed by atoms with Crippen molar-refractivity contribution in [2.24, 2.45) is 17.3 Å². The minimum atomic E-state index is 0.527. The van der Waals surface area contributed by atoms with Gasteiger partial charge in [0.1, 0.15) is 0 Å². The van der Waals surface area contributed by atoms with Crippen LogP contribution in [-0.2, 0) is 0 Å². The van der Waals surface area contributed by atoms with E-state index < -0.39 is 0 Å². The number of hydrogen-bond donors (Lipinski definition) is 0. The van der Waals surface area contributed by atoms with Gasteiger partial charge in [-0.15, -0.1) is 0 Å². The molecule has 2 aliphatic rings. The second-order valence-corrected chi connectivity index (χ2v) is 4.58. The number of rotatable bonds is 1. The van der Waals surface area contributed by atoms with E-state index in [9.17, 15) is 0 Å². The molecule has 2 bridgehead atoms. The molecule has 11 heavy (non-hydrogen) atoms. The molecule has 0 spiro atoms. The summed E-state index contributed by atoms with van der Waals surface area (Å²) in [4.78, 5) is 0. The highest BCUT2D eigenvalue weighted by molar-refractivity contribution is 6.12. The molecule has 0 nitrogen and oxygen atoms in total. The normalized spacial score (nSPS) is 55.3. The van der Waals surface area contributed by atoms with Gasteiger partial charge < -0.3 is 0 Å². The van der Waals surface area contributed by atoms with Crippen molar-refractivity contribution in [2.75, 3.05) is 0 Å². The molecular formula is C10H17B. The molecule has 0 aromatic rings. The van der Waals surface area contributed by atoms with Crippen molar-refractivity contribution in [3.05, 3.63) is 0 Å². The second-order valence-electron chi connectivity index (χ2n) is 4.58. The largest absolute Gasteiger partial charge is 0.0738 e. The Labute approximate surface area is 71.2 Å². The van der Waals surface area contributed by atoms with E-state index in [4.69, 9.17) is 7.85 Å². The fourth-order valence-corrected chi connectivity index (χ4v) is 3.52. The highest BCUT2D eigenvalue weighted by Gasteiger charge is 2.52. The quantitative estimate of drug-likeness (QED) is 0.501. The molecule has 2 radical (unpaired) electrons. The Morgan fingerprint density at radius 1 is 1.55 bits per heavy atom. The highest BCUT2D eigenvalue weighted by atomic mass is 14.6. The van der Waals surface area contributed by atoms with Gasteiger partial charge in [0.2, 0.25) is 0 Å². The van der Waals surface area contributed by atoms with Crippen molar-refractivity contribution in [1.82, 2.24) is 0 Å². The van der Waals surface area contributed by atoms with Crippen LogP contribution in [0.5, 0.6) is 0 Å². The van der Waals surface area contributed by atoms with Crippen molar-refractivity contribution in [3.8, 4) is 0 Å². The third-order valence-corrected chi connectivity index (χ3v) is 4.48. The highest BCUT2D eigenvalue weighted by Crippen LogP contribution is 2.63. The summed E-state index contributed by atoms with van der Waals surface area (Å²) < 4.78 is 0. The summed E-state index contributed by atoms with van der Waals surface area (Å²) >= 11 is 0. The molecular weight excluding hydrogens is 131 g/mol. The summed E-state index contributed by atoms with van der Waals surface area (Å²) in [6.45, 7) is 4.74. The van der Waals surface area contributed by atoms with Crippen LogP contribution in [0, 0.1) is 17.3 Å². The Hall–Kier alpha value is 0.0649. The van der Waals surface area contributed by atoms with Gasteiger partial charge in [0.25, 0.3) is 0 Å². The van der Waals surface area contributed by atoms with Gasteiger partial charge >= 0.3 is 0 Å². The van der Waals surface area contributed by atoms with Crippen LogP contribution in [0.2, 0.25) is 5.82 Å². The van der Waals surface area contributed by atoms with E-state index in [-0.39, 0.29) is 0 Å². The molecule has 60 valence electrons. The van der Waals surface area contributed by atoms with Crippen molar-refractivity contribution >= 4 is 7.85 Å². The first-order valence-electron chi connectivity index (χ1n) is 4.95. The van der Waals surface area contributed by atoms with Crippen LogP contribution in [-0.4, -0.2) is 7.85 Å². The molecule has 2 unspecified atom stereocenters. The van der Waals surface area contributed by atoms with E-state index in [0.717, 1.165) is 11.8 Å². The first-order chi connectivity index (χ1) is 5.19. The maximum Gasteiger partial charge on any atom is 0.0703 e. The lowest BCUT2D eigenvalue weighted by atomic mass is 9.70. The van der Waals surface area contributed by atoms with Crippen LogP contribution >= 0.6 is 0 Å². The van der Waals surface area contributed by atoms with E-state index in [1.54, 1.807) is 0 Å². The summed E-state index contributed by atoms with van der Waals surface area (Å²) in [5.41, 5.74) is 0.657. The van der Waals surface area contributed by atoms with E-state index in [0.29, 0.717) is 11.2 Å². The molecule has 0 saturated heterocycles. The lowest BCUT2D eigenvalue weighted by molar-refractivity contribution is 0.225. The van der Waals surface area contributed by atoms with Gasteiger partial charge in [-0.25, -0.2) is 0 Å². The van der Waals surface area contributed by atoms with Crippen molar-refractivity contribution in [3.63, 3.8) is 0 Å². The Morgan fingerprint density at radius 2 is 2.27 bits per heavy atom. The third-order valence-electron chi connectivity index (χ3n) is 4.48.